The first kappa shape index (κ1) is 10.9. The molecule has 0 aromatic carbocycles. The fraction of sp³-hybridized carbons (Fsp3) is 1.00. The van der Waals surface area contributed by atoms with Crippen molar-refractivity contribution in [1.82, 2.24) is 5.48 Å². The Labute approximate surface area is 70.0 Å². The van der Waals surface area contributed by atoms with Gasteiger partial charge in [-0.05, 0) is 11.8 Å². The van der Waals surface area contributed by atoms with Gasteiger partial charge in [-0.3, -0.25) is 0 Å². The smallest absolute Gasteiger partial charge is 0.0238 e. The highest BCUT2D eigenvalue weighted by Gasteiger charge is 2.13. The summed E-state index contributed by atoms with van der Waals surface area (Å²) < 4.78 is 0. The van der Waals surface area contributed by atoms with E-state index in [9.17, 15) is 0 Å². The quantitative estimate of drug-likeness (QED) is 0.583. The van der Waals surface area contributed by atoms with Crippen LogP contribution >= 0.6 is 0 Å². The maximum Gasteiger partial charge on any atom is 0.0238 e. The zero-order valence-electron chi connectivity index (χ0n) is 7.93. The van der Waals surface area contributed by atoms with Crippen LogP contribution in [0.15, 0.2) is 0 Å². The second-order valence-corrected chi connectivity index (χ2v) is 3.30. The Kier molecular flexibility index (Phi) is 6.57. The first-order valence-electron chi connectivity index (χ1n) is 4.63. The van der Waals surface area contributed by atoms with Crippen molar-refractivity contribution in [1.29, 1.82) is 0 Å². The molecule has 2 unspecified atom stereocenters. The molecule has 2 heteroatoms. The largest absolute Gasteiger partial charge is 0.317 e. The molecule has 0 aliphatic carbocycles. The van der Waals surface area contributed by atoms with E-state index in [1.807, 2.05) is 0 Å². The van der Waals surface area contributed by atoms with E-state index in [2.05, 4.69) is 26.3 Å². The van der Waals surface area contributed by atoms with Crippen molar-refractivity contribution in [3.63, 3.8) is 0 Å². The van der Waals surface area contributed by atoms with Crippen molar-refractivity contribution in [3.8, 4) is 0 Å². The molecule has 0 bridgehead atoms. The minimum absolute atomic E-state index is 0.625. The Morgan fingerprint density at radius 1 is 1.36 bits per heavy atom. The number of hydroxylamine groups is 1. The average Bonchev–Trinajstić information content (AvgIpc) is 2.00. The van der Waals surface area contributed by atoms with Crippen molar-refractivity contribution in [2.75, 3.05) is 6.54 Å². The fourth-order valence-electron chi connectivity index (χ4n) is 1.56. The summed E-state index contributed by atoms with van der Waals surface area (Å²) in [5.41, 5.74) is 2.26. The molecule has 0 amide bonds. The molecule has 2 N–H and O–H groups in total. The van der Waals surface area contributed by atoms with Gasteiger partial charge < -0.3 is 5.21 Å². The molecule has 0 aromatic rings. The van der Waals surface area contributed by atoms with Crippen LogP contribution in [-0.2, 0) is 0 Å². The second kappa shape index (κ2) is 6.62. The molecule has 0 saturated carbocycles. The molecule has 0 aliphatic rings. The van der Waals surface area contributed by atoms with Crippen molar-refractivity contribution < 1.29 is 5.21 Å². The molecule has 11 heavy (non-hydrogen) atoms. The molecule has 0 saturated heterocycles. The van der Waals surface area contributed by atoms with Gasteiger partial charge in [0.1, 0.15) is 0 Å². The molecule has 0 aromatic heterocycles. The lowest BCUT2D eigenvalue weighted by Gasteiger charge is -2.20. The minimum atomic E-state index is 0.625. The maximum absolute atomic E-state index is 8.53. The van der Waals surface area contributed by atoms with Gasteiger partial charge in [0.05, 0.1) is 0 Å². The molecule has 0 spiro atoms. The molecular formula is C9H21NO. The summed E-state index contributed by atoms with van der Waals surface area (Å²) in [6, 6.07) is 0. The topological polar surface area (TPSA) is 32.3 Å². The van der Waals surface area contributed by atoms with Gasteiger partial charge >= 0.3 is 0 Å². The number of nitrogens with one attached hydrogen (secondary N) is 1. The average molecular weight is 159 g/mol. The van der Waals surface area contributed by atoms with Gasteiger partial charge in [-0.1, -0.05) is 40.0 Å². The lowest BCUT2D eigenvalue weighted by Crippen LogP contribution is -2.24. The van der Waals surface area contributed by atoms with Gasteiger partial charge in [0, 0.05) is 6.54 Å². The molecule has 0 fully saturated rings. The third-order valence-electron chi connectivity index (χ3n) is 2.43. The third-order valence-corrected chi connectivity index (χ3v) is 2.43. The van der Waals surface area contributed by atoms with E-state index in [1.165, 1.54) is 12.8 Å². The highest BCUT2D eigenvalue weighted by atomic mass is 16.5. The Hall–Kier alpha value is -0.0800. The van der Waals surface area contributed by atoms with Crippen LogP contribution in [0, 0.1) is 11.8 Å². The van der Waals surface area contributed by atoms with Crippen LogP contribution < -0.4 is 5.48 Å². The molecule has 0 rings (SSSR count). The lowest BCUT2D eigenvalue weighted by molar-refractivity contribution is 0.131. The van der Waals surface area contributed by atoms with Gasteiger partial charge in [0.2, 0.25) is 0 Å². The molecule has 0 radical (unpaired) electrons. The summed E-state index contributed by atoms with van der Waals surface area (Å²) in [5.74, 6) is 1.35. The van der Waals surface area contributed by atoms with Crippen LogP contribution in [0.5, 0.6) is 0 Å². The van der Waals surface area contributed by atoms with E-state index in [0.29, 0.717) is 5.92 Å². The first-order chi connectivity index (χ1) is 5.26. The summed E-state index contributed by atoms with van der Waals surface area (Å²) in [6.45, 7) is 7.37. The van der Waals surface area contributed by atoms with E-state index in [1.54, 1.807) is 0 Å². The summed E-state index contributed by atoms with van der Waals surface area (Å²) in [4.78, 5) is 0. The fourth-order valence-corrected chi connectivity index (χ4v) is 1.56. The van der Waals surface area contributed by atoms with Crippen LogP contribution in [-0.4, -0.2) is 11.8 Å². The molecular weight excluding hydrogens is 138 g/mol. The zero-order valence-corrected chi connectivity index (χ0v) is 7.93. The molecule has 2 atom stereocenters. The predicted molar refractivity (Wildman–Crippen MR) is 47.6 cm³/mol. The first-order valence-corrected chi connectivity index (χ1v) is 4.63. The van der Waals surface area contributed by atoms with Gasteiger partial charge in [-0.15, -0.1) is 0 Å². The third kappa shape index (κ3) is 4.38. The van der Waals surface area contributed by atoms with Crippen LogP contribution in [0.25, 0.3) is 0 Å². The lowest BCUT2D eigenvalue weighted by atomic mass is 9.88. The van der Waals surface area contributed by atoms with E-state index >= 15 is 0 Å². The molecule has 2 nitrogen and oxygen atoms in total. The van der Waals surface area contributed by atoms with Gasteiger partial charge in [-0.25, -0.2) is 5.48 Å². The summed E-state index contributed by atoms with van der Waals surface area (Å²) in [6.07, 6.45) is 3.65. The van der Waals surface area contributed by atoms with E-state index < -0.39 is 0 Å². The standard InChI is InChI=1S/C9H21NO/c1-4-6-8(3)9(5-2)7-10-11/h8-11H,4-7H2,1-3H3. The number of hydrogen-bond donors (Lipinski definition) is 2. The summed E-state index contributed by atoms with van der Waals surface area (Å²) in [5, 5.41) is 8.53. The predicted octanol–water partition coefficient (Wildman–Crippen LogP) is 2.43. The van der Waals surface area contributed by atoms with Crippen molar-refractivity contribution in [2.45, 2.75) is 40.0 Å². The van der Waals surface area contributed by atoms with E-state index in [-0.39, 0.29) is 0 Å². The summed E-state index contributed by atoms with van der Waals surface area (Å²) in [7, 11) is 0. The Balaban J connectivity index is 3.61. The van der Waals surface area contributed by atoms with E-state index in [0.717, 1.165) is 18.9 Å². The van der Waals surface area contributed by atoms with Crippen molar-refractivity contribution >= 4 is 0 Å². The maximum atomic E-state index is 8.53. The normalized spacial score (nSPS) is 16.4. The van der Waals surface area contributed by atoms with Crippen LogP contribution in [0.4, 0.5) is 0 Å². The Bertz CT molecular complexity index is 85.6. The molecule has 68 valence electrons. The number of rotatable bonds is 6. The Morgan fingerprint density at radius 2 is 2.00 bits per heavy atom. The highest BCUT2D eigenvalue weighted by molar-refractivity contribution is 4.65. The van der Waals surface area contributed by atoms with Gasteiger partial charge in [0.15, 0.2) is 0 Å². The molecule has 0 heterocycles. The number of hydrogen-bond acceptors (Lipinski definition) is 2. The summed E-state index contributed by atoms with van der Waals surface area (Å²) >= 11 is 0. The zero-order chi connectivity index (χ0) is 8.69. The van der Waals surface area contributed by atoms with Crippen LogP contribution in [0.1, 0.15) is 40.0 Å². The van der Waals surface area contributed by atoms with Crippen LogP contribution in [0.2, 0.25) is 0 Å². The highest BCUT2D eigenvalue weighted by Crippen LogP contribution is 2.19. The molecule has 0 aliphatic heterocycles. The van der Waals surface area contributed by atoms with Gasteiger partial charge in [-0.2, -0.15) is 0 Å². The van der Waals surface area contributed by atoms with E-state index in [4.69, 9.17) is 5.21 Å². The van der Waals surface area contributed by atoms with Crippen molar-refractivity contribution in [2.24, 2.45) is 11.8 Å². The minimum Gasteiger partial charge on any atom is -0.317 e. The van der Waals surface area contributed by atoms with Crippen molar-refractivity contribution in [3.05, 3.63) is 0 Å². The monoisotopic (exact) mass is 159 g/mol. The Morgan fingerprint density at radius 3 is 2.36 bits per heavy atom. The second-order valence-electron chi connectivity index (χ2n) is 3.30. The SMILES string of the molecule is CCCC(C)C(CC)CNO. The van der Waals surface area contributed by atoms with Crippen LogP contribution in [0.3, 0.4) is 0 Å². The van der Waals surface area contributed by atoms with Gasteiger partial charge in [0.25, 0.3) is 0 Å².